The summed E-state index contributed by atoms with van der Waals surface area (Å²) < 4.78 is 32.7. The average Bonchev–Trinajstić information content (AvgIpc) is 2.58. The van der Waals surface area contributed by atoms with Crippen LogP contribution in [-0.4, -0.2) is 17.9 Å². The SMILES string of the molecule is CC(C)C(NC(=O)c1c(F)cccc1F)C(=O)OCc1ccc(Cl)cc1. The van der Waals surface area contributed by atoms with Crippen LogP contribution in [0.15, 0.2) is 42.5 Å². The van der Waals surface area contributed by atoms with Crippen LogP contribution in [0.2, 0.25) is 5.02 Å². The summed E-state index contributed by atoms with van der Waals surface area (Å²) in [5.74, 6) is -4.05. The first-order valence-corrected chi connectivity index (χ1v) is 8.33. The third-order valence-electron chi connectivity index (χ3n) is 3.69. The highest BCUT2D eigenvalue weighted by atomic mass is 35.5. The zero-order valence-corrected chi connectivity index (χ0v) is 15.0. The summed E-state index contributed by atoms with van der Waals surface area (Å²) in [7, 11) is 0. The third kappa shape index (κ3) is 5.02. The van der Waals surface area contributed by atoms with Crippen molar-refractivity contribution in [3.63, 3.8) is 0 Å². The molecule has 1 amide bonds. The molecule has 0 saturated heterocycles. The number of amides is 1. The minimum Gasteiger partial charge on any atom is -0.459 e. The van der Waals surface area contributed by atoms with E-state index in [1.54, 1.807) is 38.1 Å². The van der Waals surface area contributed by atoms with E-state index in [0.717, 1.165) is 23.8 Å². The van der Waals surface area contributed by atoms with Crippen LogP contribution >= 0.6 is 11.6 Å². The lowest BCUT2D eigenvalue weighted by Gasteiger charge is -2.21. The number of carbonyl (C=O) groups is 2. The second kappa shape index (κ2) is 8.76. The highest BCUT2D eigenvalue weighted by Gasteiger charge is 2.28. The fraction of sp³-hybridized carbons (Fsp3) is 0.263. The van der Waals surface area contributed by atoms with E-state index in [9.17, 15) is 18.4 Å². The van der Waals surface area contributed by atoms with Gasteiger partial charge in [0.05, 0.1) is 0 Å². The number of ether oxygens (including phenoxy) is 1. The molecule has 4 nitrogen and oxygen atoms in total. The van der Waals surface area contributed by atoms with Gasteiger partial charge < -0.3 is 10.1 Å². The Morgan fingerprint density at radius 2 is 1.65 bits per heavy atom. The zero-order valence-electron chi connectivity index (χ0n) is 14.3. The number of carbonyl (C=O) groups excluding carboxylic acids is 2. The Hall–Kier alpha value is -2.47. The fourth-order valence-corrected chi connectivity index (χ4v) is 2.38. The van der Waals surface area contributed by atoms with Gasteiger partial charge in [-0.2, -0.15) is 0 Å². The maximum absolute atomic E-state index is 13.7. The largest absolute Gasteiger partial charge is 0.459 e. The highest BCUT2D eigenvalue weighted by molar-refractivity contribution is 6.30. The molecule has 26 heavy (non-hydrogen) atoms. The molecule has 0 radical (unpaired) electrons. The Kier molecular flexibility index (Phi) is 6.69. The van der Waals surface area contributed by atoms with Gasteiger partial charge in [0, 0.05) is 5.02 Å². The molecular weight excluding hydrogens is 364 g/mol. The number of hydrogen-bond donors (Lipinski definition) is 1. The van der Waals surface area contributed by atoms with Crippen LogP contribution in [0.4, 0.5) is 8.78 Å². The molecule has 0 saturated carbocycles. The Morgan fingerprint density at radius 3 is 2.19 bits per heavy atom. The quantitative estimate of drug-likeness (QED) is 0.766. The van der Waals surface area contributed by atoms with Crippen molar-refractivity contribution in [3.05, 3.63) is 70.2 Å². The molecule has 2 aromatic rings. The van der Waals surface area contributed by atoms with Crippen LogP contribution < -0.4 is 5.32 Å². The molecule has 0 spiro atoms. The molecule has 0 fully saturated rings. The molecule has 2 rings (SSSR count). The van der Waals surface area contributed by atoms with Gasteiger partial charge in [-0.3, -0.25) is 4.79 Å². The second-order valence-electron chi connectivity index (χ2n) is 6.03. The molecule has 7 heteroatoms. The molecule has 138 valence electrons. The van der Waals surface area contributed by atoms with Crippen molar-refractivity contribution in [1.29, 1.82) is 0 Å². The van der Waals surface area contributed by atoms with Crippen molar-refractivity contribution < 1.29 is 23.1 Å². The Balaban J connectivity index is 2.06. The summed E-state index contributed by atoms with van der Waals surface area (Å²) in [4.78, 5) is 24.5. The van der Waals surface area contributed by atoms with E-state index in [4.69, 9.17) is 16.3 Å². The van der Waals surface area contributed by atoms with E-state index in [2.05, 4.69) is 5.32 Å². The van der Waals surface area contributed by atoms with Crippen LogP contribution in [0, 0.1) is 17.6 Å². The van der Waals surface area contributed by atoms with Gasteiger partial charge in [0.15, 0.2) is 0 Å². The lowest BCUT2D eigenvalue weighted by molar-refractivity contribution is -0.148. The van der Waals surface area contributed by atoms with Gasteiger partial charge in [-0.05, 0) is 35.7 Å². The van der Waals surface area contributed by atoms with Crippen molar-refractivity contribution in [2.45, 2.75) is 26.5 Å². The van der Waals surface area contributed by atoms with Gasteiger partial charge in [0.25, 0.3) is 5.91 Å². The van der Waals surface area contributed by atoms with Gasteiger partial charge >= 0.3 is 5.97 Å². The summed E-state index contributed by atoms with van der Waals surface area (Å²) in [6.45, 7) is 3.36. The molecule has 1 unspecified atom stereocenters. The number of benzene rings is 2. The molecule has 0 aliphatic heterocycles. The van der Waals surface area contributed by atoms with Gasteiger partial charge in [0.1, 0.15) is 29.8 Å². The monoisotopic (exact) mass is 381 g/mol. The van der Waals surface area contributed by atoms with Gasteiger partial charge in [0.2, 0.25) is 0 Å². The molecule has 0 bridgehead atoms. The fourth-order valence-electron chi connectivity index (χ4n) is 2.25. The van der Waals surface area contributed by atoms with Crippen molar-refractivity contribution in [1.82, 2.24) is 5.32 Å². The number of rotatable bonds is 6. The summed E-state index contributed by atoms with van der Waals surface area (Å²) in [5.41, 5.74) is -0.0135. The Bertz CT molecular complexity index is 774. The molecule has 0 aliphatic carbocycles. The van der Waals surface area contributed by atoms with E-state index in [1.807, 2.05) is 0 Å². The summed E-state index contributed by atoms with van der Waals surface area (Å²) in [5, 5.41) is 2.90. The van der Waals surface area contributed by atoms with E-state index in [1.165, 1.54) is 0 Å². The predicted molar refractivity (Wildman–Crippen MR) is 93.7 cm³/mol. The number of halogens is 3. The zero-order chi connectivity index (χ0) is 19.3. The van der Waals surface area contributed by atoms with Crippen LogP contribution in [0.3, 0.4) is 0 Å². The summed E-state index contributed by atoms with van der Waals surface area (Å²) >= 11 is 5.79. The van der Waals surface area contributed by atoms with Gasteiger partial charge in [-0.25, -0.2) is 13.6 Å². The maximum atomic E-state index is 13.7. The molecular formula is C19H18ClF2NO3. The minimum absolute atomic E-state index is 0.0108. The molecule has 2 aromatic carbocycles. The number of esters is 1. The molecule has 0 aromatic heterocycles. The first-order valence-electron chi connectivity index (χ1n) is 7.95. The normalized spacial score (nSPS) is 11.9. The minimum atomic E-state index is -1.05. The lowest BCUT2D eigenvalue weighted by Crippen LogP contribution is -2.45. The summed E-state index contributed by atoms with van der Waals surface area (Å²) in [6, 6.07) is 8.78. The van der Waals surface area contributed by atoms with Crippen molar-refractivity contribution in [3.8, 4) is 0 Å². The lowest BCUT2D eigenvalue weighted by atomic mass is 10.0. The van der Waals surface area contributed by atoms with E-state index >= 15 is 0 Å². The Labute approximate surface area is 155 Å². The number of nitrogens with one attached hydrogen (secondary N) is 1. The second-order valence-corrected chi connectivity index (χ2v) is 6.46. The summed E-state index contributed by atoms with van der Waals surface area (Å²) in [6.07, 6.45) is 0. The van der Waals surface area contributed by atoms with Crippen LogP contribution in [0.5, 0.6) is 0 Å². The molecule has 0 aliphatic rings. The van der Waals surface area contributed by atoms with Crippen LogP contribution in [0.1, 0.15) is 29.8 Å². The van der Waals surface area contributed by atoms with E-state index < -0.39 is 35.1 Å². The van der Waals surface area contributed by atoms with Crippen molar-refractivity contribution >= 4 is 23.5 Å². The van der Waals surface area contributed by atoms with Crippen LogP contribution in [0.25, 0.3) is 0 Å². The van der Waals surface area contributed by atoms with Crippen LogP contribution in [-0.2, 0) is 16.1 Å². The highest BCUT2D eigenvalue weighted by Crippen LogP contribution is 2.15. The first kappa shape index (κ1) is 19.8. The van der Waals surface area contributed by atoms with Crippen molar-refractivity contribution in [2.75, 3.05) is 0 Å². The average molecular weight is 382 g/mol. The first-order chi connectivity index (χ1) is 12.3. The van der Waals surface area contributed by atoms with Gasteiger partial charge in [-0.15, -0.1) is 0 Å². The smallest absolute Gasteiger partial charge is 0.329 e. The third-order valence-corrected chi connectivity index (χ3v) is 3.94. The van der Waals surface area contributed by atoms with E-state index in [-0.39, 0.29) is 12.5 Å². The van der Waals surface area contributed by atoms with Crippen molar-refractivity contribution in [2.24, 2.45) is 5.92 Å². The number of hydrogen-bond acceptors (Lipinski definition) is 3. The molecule has 1 N–H and O–H groups in total. The molecule has 1 atom stereocenters. The molecule has 0 heterocycles. The van der Waals surface area contributed by atoms with Gasteiger partial charge in [-0.1, -0.05) is 43.6 Å². The standard InChI is InChI=1S/C19H18ClF2NO3/c1-11(2)17(19(25)26-10-12-6-8-13(20)9-7-12)23-18(24)16-14(21)4-3-5-15(16)22/h3-9,11,17H,10H2,1-2H3,(H,23,24). The van der Waals surface area contributed by atoms with E-state index in [0.29, 0.717) is 5.02 Å². The Morgan fingerprint density at radius 1 is 1.08 bits per heavy atom. The maximum Gasteiger partial charge on any atom is 0.329 e. The topological polar surface area (TPSA) is 55.4 Å². The predicted octanol–water partition coefficient (Wildman–Crippen LogP) is 4.12.